The third kappa shape index (κ3) is 14.2. The van der Waals surface area contributed by atoms with Gasteiger partial charge in [-0.1, -0.05) is 166 Å². The van der Waals surface area contributed by atoms with Crippen molar-refractivity contribution in [3.8, 4) is 22.3 Å². The molecule has 10 aromatic carbocycles. The zero-order valence-corrected chi connectivity index (χ0v) is 61.5. The third-order valence-electron chi connectivity index (χ3n) is 16.7. The molecule has 17 heteroatoms. The van der Waals surface area contributed by atoms with Crippen LogP contribution < -0.4 is 56.2 Å². The summed E-state index contributed by atoms with van der Waals surface area (Å²) < 4.78 is 0. The van der Waals surface area contributed by atoms with Gasteiger partial charge >= 0.3 is 72.3 Å². The number of nitrogens with zero attached hydrogens (tertiary/aromatic N) is 12. The van der Waals surface area contributed by atoms with Gasteiger partial charge in [-0.05, 0) is 87.8 Å². The van der Waals surface area contributed by atoms with Crippen molar-refractivity contribution in [1.29, 1.82) is 0 Å². The molecule has 18 rings (SSSR count). The zero-order chi connectivity index (χ0) is 64.1. The van der Waals surface area contributed by atoms with Crippen molar-refractivity contribution in [2.24, 2.45) is 0 Å². The number of hydrogen-bond acceptors (Lipinski definition) is 12. The molecule has 0 aliphatic carbocycles. The average Bonchev–Trinajstić information content (AvgIpc) is 1.79. The van der Waals surface area contributed by atoms with Crippen LogP contribution in [0.5, 0.6) is 0 Å². The van der Waals surface area contributed by atoms with Gasteiger partial charge in [-0.25, -0.2) is 19.9 Å². The van der Waals surface area contributed by atoms with E-state index in [2.05, 4.69) is 275 Å². The molecule has 12 nitrogen and oxygen atoms in total. The Hall–Kier alpha value is -8.85. The van der Waals surface area contributed by atoms with E-state index in [-0.39, 0.29) is 61.1 Å². The second-order valence-electron chi connectivity index (χ2n) is 22.5. The quantitative estimate of drug-likeness (QED) is 0.0904. The Morgan fingerprint density at radius 1 is 0.299 bits per heavy atom. The summed E-state index contributed by atoms with van der Waals surface area (Å²) in [5.41, 5.74) is 13.2. The van der Waals surface area contributed by atoms with Gasteiger partial charge in [0.15, 0.2) is 0 Å². The number of anilines is 12. The van der Waals surface area contributed by atoms with E-state index < -0.39 is 0 Å². The molecule has 0 bridgehead atoms. The number of aromatic nitrogens is 4. The Labute approximate surface area is 623 Å². The van der Waals surface area contributed by atoms with Gasteiger partial charge in [-0.3, -0.25) is 0 Å². The van der Waals surface area contributed by atoms with Crippen LogP contribution >= 0.6 is 9.42 Å². The van der Waals surface area contributed by atoms with Gasteiger partial charge in [0, 0.05) is 47.5 Å². The molecule has 0 spiro atoms. The van der Waals surface area contributed by atoms with Gasteiger partial charge in [0.1, 0.15) is 23.3 Å². The minimum absolute atomic E-state index is 0. The van der Waals surface area contributed by atoms with E-state index in [1.165, 1.54) is 65.3 Å². The average molecular weight is 1720 g/mol. The Bertz CT molecular complexity index is 4450. The fourth-order valence-electron chi connectivity index (χ4n) is 12.4. The Morgan fingerprint density at radius 3 is 0.794 bits per heavy atom. The summed E-state index contributed by atoms with van der Waals surface area (Å²) in [6.07, 6.45) is 7.25. The van der Waals surface area contributed by atoms with E-state index in [1.807, 2.05) is 140 Å². The number of fused-ring (bicyclic) bond motifs is 8. The van der Waals surface area contributed by atoms with Crippen LogP contribution in [0.2, 0.25) is 0 Å². The molecule has 0 radical (unpaired) electrons. The standard InChI is InChI=1S/2C20H17N6.2C20H13.BrH.ClH.Mg.2Pt/c2*1-23-13-25(19-17(23)8-4-10-21-19)15-6-3-7-16(12-15)26-14-24(2)18-9-5-11-22-20(18)26;2*1-2-8-15(9-3-1)20-18-12-6-4-10-16(18)14-17-11-5-7-13-19(17)20;;;;;/h2*3-11,13-14H,1-2H3;2*1-13H;2*1H;;;/q2*-3;2*-1;;;+2;+1;+4/p-2. The molecule has 4 aliphatic rings. The van der Waals surface area contributed by atoms with E-state index in [9.17, 15) is 0 Å². The summed E-state index contributed by atoms with van der Waals surface area (Å²) in [6.45, 7) is 8.11. The van der Waals surface area contributed by atoms with Crippen LogP contribution in [0.4, 0.5) is 68.8 Å². The van der Waals surface area contributed by atoms with Crippen LogP contribution in [-0.2, 0) is 39.8 Å². The van der Waals surface area contributed by atoms with Crippen LogP contribution in [0.15, 0.2) is 267 Å². The summed E-state index contributed by atoms with van der Waals surface area (Å²) in [4.78, 5) is 34.6. The minimum Gasteiger partial charge on any atom is -0.118 e. The summed E-state index contributed by atoms with van der Waals surface area (Å²) in [5.74, 6) is 3.63. The van der Waals surface area contributed by atoms with Gasteiger partial charge in [0.25, 0.3) is 0 Å². The van der Waals surface area contributed by atoms with Crippen LogP contribution in [0.1, 0.15) is 0 Å². The summed E-state index contributed by atoms with van der Waals surface area (Å²) in [6, 6.07) is 97.4. The Balaban J connectivity index is 0.000000130. The maximum atomic E-state index is 4.61. The molecule has 479 valence electrons. The molecular weight excluding hydrogens is 1660 g/mol. The minimum atomic E-state index is 0. The Kier molecular flexibility index (Phi) is 22.6. The SMILES string of the molecule is CN1[CH-]N(c2[c-]c(N3[CH-]N(C)c4cccnc43)ccc2)c2ncccc21.CN1[CH-]N(c2[c-]c(N3[CH-]N(C)c4cccnc43)ccc2)c2ncccc21.[Br-].[Cl][Pt].[Mg+2].[Pt+4].[c-]1c2ccccc2c(-c2ccccc2)c2ccccc12.[c-]1c2ccccc2c(-c2ccccc2)c2ccccc12. The molecule has 0 saturated carbocycles. The second kappa shape index (κ2) is 31.6. The van der Waals surface area contributed by atoms with Crippen molar-refractivity contribution < 1.29 is 56.8 Å². The molecule has 0 N–H and O–H groups in total. The van der Waals surface area contributed by atoms with E-state index in [1.54, 1.807) is 18.8 Å². The molecule has 0 fully saturated rings. The van der Waals surface area contributed by atoms with Crippen LogP contribution in [0, 0.1) is 50.9 Å². The second-order valence-corrected chi connectivity index (χ2v) is 22.5. The van der Waals surface area contributed by atoms with E-state index in [0.717, 1.165) is 68.8 Å². The summed E-state index contributed by atoms with van der Waals surface area (Å²) in [5, 5.41) is 9.73. The van der Waals surface area contributed by atoms with E-state index in [0.29, 0.717) is 0 Å². The molecule has 4 aliphatic heterocycles. The molecule has 97 heavy (non-hydrogen) atoms. The van der Waals surface area contributed by atoms with Crippen LogP contribution in [0.25, 0.3) is 65.3 Å². The van der Waals surface area contributed by atoms with Crippen molar-refractivity contribution in [1.82, 2.24) is 19.9 Å². The van der Waals surface area contributed by atoms with Crippen LogP contribution in [-0.4, -0.2) is 71.2 Å². The molecule has 0 saturated heterocycles. The van der Waals surface area contributed by atoms with Gasteiger partial charge < -0.3 is 56.2 Å². The van der Waals surface area contributed by atoms with E-state index >= 15 is 0 Å². The molecule has 0 amide bonds. The topological polar surface area (TPSA) is 77.5 Å². The normalized spacial score (nSPS) is 12.9. The van der Waals surface area contributed by atoms with Gasteiger partial charge in [0.2, 0.25) is 0 Å². The van der Waals surface area contributed by atoms with Gasteiger partial charge in [0.05, 0.1) is 0 Å². The van der Waals surface area contributed by atoms with Crippen molar-refractivity contribution in [2.45, 2.75) is 0 Å². The predicted octanol–water partition coefficient (Wildman–Crippen LogP) is 15.6. The van der Waals surface area contributed by atoms with Crippen molar-refractivity contribution >= 4 is 144 Å². The smallest absolute Gasteiger partial charge is 0.118 e. The number of pyridine rings is 4. The molecule has 0 atom stereocenters. The maximum absolute atomic E-state index is 4.61. The number of hydrogen-bond donors (Lipinski definition) is 0. The van der Waals surface area contributed by atoms with Crippen molar-refractivity contribution in [3.05, 3.63) is 318 Å². The molecule has 14 aromatic rings. The van der Waals surface area contributed by atoms with E-state index in [4.69, 9.17) is 0 Å². The zero-order valence-electron chi connectivity index (χ0n) is 53.2. The summed E-state index contributed by atoms with van der Waals surface area (Å²) in [7, 11) is 12.7. The first-order valence-electron chi connectivity index (χ1n) is 30.5. The Morgan fingerprint density at radius 2 is 0.536 bits per heavy atom. The first-order valence-corrected chi connectivity index (χ1v) is 33.3. The number of benzene rings is 10. The number of halogens is 2. The summed E-state index contributed by atoms with van der Waals surface area (Å²) >= 11 is 1.61. The fraction of sp³-hybridized carbons (Fsp3) is 0.0500. The van der Waals surface area contributed by atoms with Crippen LogP contribution in [0.3, 0.4) is 0 Å². The largest absolute Gasteiger partial charge is 4.00 e. The molecule has 0 unspecified atom stereocenters. The number of rotatable bonds is 6. The first kappa shape index (κ1) is 69.5. The molecule has 8 heterocycles. The third-order valence-corrected chi connectivity index (χ3v) is 16.7. The maximum Gasteiger partial charge on any atom is 4.00 e. The van der Waals surface area contributed by atoms with Crippen molar-refractivity contribution in [2.75, 3.05) is 67.4 Å². The molecular formula is C80H60BrClMgN12Pt2-3. The van der Waals surface area contributed by atoms with Gasteiger partial charge in [-0.15, -0.1) is 117 Å². The predicted molar refractivity (Wildman–Crippen MR) is 390 cm³/mol. The molecule has 4 aromatic heterocycles. The van der Waals surface area contributed by atoms with Gasteiger partial charge in [-0.2, -0.15) is 38.8 Å². The monoisotopic (exact) mass is 1720 g/mol. The first-order chi connectivity index (χ1) is 46.3. The van der Waals surface area contributed by atoms with Crippen molar-refractivity contribution in [3.63, 3.8) is 0 Å². The fourth-order valence-corrected chi connectivity index (χ4v) is 12.4.